The van der Waals surface area contributed by atoms with Gasteiger partial charge < -0.3 is 34.6 Å². The van der Waals surface area contributed by atoms with Crippen LogP contribution in [-0.2, 0) is 19.6 Å². The zero-order valence-corrected chi connectivity index (χ0v) is 17.2. The van der Waals surface area contributed by atoms with Crippen LogP contribution in [0.1, 0.15) is 58.2 Å². The first kappa shape index (κ1) is 18.8. The number of carbonyl (C=O) groups excluding carboxylic acids is 2. The van der Waals surface area contributed by atoms with Gasteiger partial charge in [0.05, 0.1) is 40.1 Å². The average molecular weight is 440 g/mol. The second-order valence-electron chi connectivity index (χ2n) is 9.57. The highest BCUT2D eigenvalue weighted by Crippen LogP contribution is 2.81. The molecule has 7 rings (SSSR count). The molecule has 3 fully saturated rings. The Bertz CT molecular complexity index is 1260. The molecule has 1 aromatic rings. The number of fused-ring (bicyclic) bond motifs is 5. The van der Waals surface area contributed by atoms with Gasteiger partial charge in [-0.05, 0) is 13.8 Å². The zero-order chi connectivity index (χ0) is 22.6. The molecule has 9 nitrogen and oxygen atoms in total. The van der Waals surface area contributed by atoms with Crippen molar-refractivity contribution in [2.75, 3.05) is 0 Å². The van der Waals surface area contributed by atoms with Crippen LogP contribution in [-0.4, -0.2) is 68.1 Å². The van der Waals surface area contributed by atoms with E-state index in [2.05, 4.69) is 6.58 Å². The van der Waals surface area contributed by atoms with Crippen molar-refractivity contribution in [2.24, 2.45) is 0 Å². The van der Waals surface area contributed by atoms with Gasteiger partial charge in [-0.25, -0.2) is 0 Å². The fourth-order valence-corrected chi connectivity index (χ4v) is 6.89. The van der Waals surface area contributed by atoms with E-state index in [1.165, 1.54) is 0 Å². The van der Waals surface area contributed by atoms with Crippen LogP contribution < -0.4 is 0 Å². The smallest absolute Gasteiger partial charge is 0.197 e. The molecule has 0 bridgehead atoms. The SMILES string of the molecule is C=C1C[C@@H]2O[C@@H](C)C3=C(C(=O)c4c(O)c5c(c(O)c4C3=O)C34C5OC(C)C3(O)C4O)[C@@H]2O1. The summed E-state index contributed by atoms with van der Waals surface area (Å²) in [7, 11) is 0. The number of aliphatic hydroxyl groups is 2. The molecule has 8 atom stereocenters. The number of phenols is 2. The van der Waals surface area contributed by atoms with Crippen LogP contribution in [0.15, 0.2) is 23.5 Å². The number of hydrogen-bond donors (Lipinski definition) is 4. The van der Waals surface area contributed by atoms with Crippen LogP contribution in [0, 0.1) is 0 Å². The lowest BCUT2D eigenvalue weighted by Crippen LogP contribution is -2.45. The quantitative estimate of drug-likeness (QED) is 0.428. The highest BCUT2D eigenvalue weighted by Gasteiger charge is 2.92. The summed E-state index contributed by atoms with van der Waals surface area (Å²) >= 11 is 0. The minimum Gasteiger partial charge on any atom is -0.507 e. The number of carbonyl (C=O) groups is 2. The molecule has 9 heteroatoms. The fraction of sp³-hybridized carbons (Fsp3) is 0.478. The molecular formula is C23H20O9. The lowest BCUT2D eigenvalue weighted by molar-refractivity contribution is -0.0655. The van der Waals surface area contributed by atoms with Gasteiger partial charge in [0, 0.05) is 23.1 Å². The Balaban J connectivity index is 1.48. The first-order chi connectivity index (χ1) is 15.1. The van der Waals surface area contributed by atoms with E-state index in [0.29, 0.717) is 12.2 Å². The third kappa shape index (κ3) is 1.55. The third-order valence-electron chi connectivity index (χ3n) is 8.33. The van der Waals surface area contributed by atoms with E-state index in [-0.39, 0.29) is 33.4 Å². The summed E-state index contributed by atoms with van der Waals surface area (Å²) in [6, 6.07) is 0. The van der Waals surface area contributed by atoms with E-state index in [0.717, 1.165) is 0 Å². The number of rotatable bonds is 0. The molecule has 0 aromatic heterocycles. The normalized spacial score (nSPS) is 44.7. The number of Topliss-reactive ketones (excluding diaryl/α,β-unsaturated/α-hetero) is 2. The number of phenolic OH excluding ortho intramolecular Hbond substituents is 2. The Morgan fingerprint density at radius 2 is 1.69 bits per heavy atom. The van der Waals surface area contributed by atoms with Crippen molar-refractivity contribution in [1.82, 2.24) is 0 Å². The Labute approximate surface area is 181 Å². The number of hydrogen-bond acceptors (Lipinski definition) is 9. The molecule has 166 valence electrons. The minimum absolute atomic E-state index is 0.0658. The highest BCUT2D eigenvalue weighted by atomic mass is 16.6. The van der Waals surface area contributed by atoms with Crippen molar-refractivity contribution in [1.29, 1.82) is 0 Å². The van der Waals surface area contributed by atoms with Gasteiger partial charge in [-0.2, -0.15) is 0 Å². The van der Waals surface area contributed by atoms with Gasteiger partial charge in [0.15, 0.2) is 17.7 Å². The van der Waals surface area contributed by atoms with E-state index < -0.39 is 70.7 Å². The van der Waals surface area contributed by atoms with E-state index >= 15 is 0 Å². The number of ketones is 2. The molecule has 6 aliphatic rings. The second-order valence-corrected chi connectivity index (χ2v) is 9.57. The molecule has 3 aliphatic carbocycles. The standard InChI is InChI=1S/C23H20O9/c1-5-4-8-19(30-5)12-9(6(2)31-8)15(24)11-10(16(12)25)17(26)13-14(18(11)27)22-20(13)32-7(3)23(22,29)21(22)28/h6-8,19-21,26-29H,1,4H2,2-3H3/t6-,7?,8-,19+,20?,21?,22?,23?/m0/s1. The summed E-state index contributed by atoms with van der Waals surface area (Å²) in [5.74, 6) is -1.83. The highest BCUT2D eigenvalue weighted by molar-refractivity contribution is 6.30. The molecule has 5 unspecified atom stereocenters. The monoisotopic (exact) mass is 440 g/mol. The topological polar surface area (TPSA) is 143 Å². The Hall–Kier alpha value is -2.72. The minimum atomic E-state index is -1.64. The van der Waals surface area contributed by atoms with Crippen LogP contribution in [0.4, 0.5) is 0 Å². The van der Waals surface area contributed by atoms with E-state index in [1.54, 1.807) is 13.8 Å². The Kier molecular flexibility index (Phi) is 2.99. The Morgan fingerprint density at radius 3 is 2.38 bits per heavy atom. The van der Waals surface area contributed by atoms with Crippen molar-refractivity contribution in [2.45, 2.75) is 67.9 Å². The van der Waals surface area contributed by atoms with Crippen LogP contribution in [0.5, 0.6) is 11.5 Å². The van der Waals surface area contributed by atoms with Crippen molar-refractivity contribution in [3.05, 3.63) is 45.7 Å². The lowest BCUT2D eigenvalue weighted by atomic mass is 9.65. The molecule has 3 aliphatic heterocycles. The summed E-state index contributed by atoms with van der Waals surface area (Å²) in [6.45, 7) is 7.02. The van der Waals surface area contributed by atoms with Gasteiger partial charge >= 0.3 is 0 Å². The van der Waals surface area contributed by atoms with Crippen LogP contribution in [0.25, 0.3) is 0 Å². The van der Waals surface area contributed by atoms with Crippen LogP contribution in [0.2, 0.25) is 0 Å². The number of aliphatic hydroxyl groups excluding tert-OH is 1. The summed E-state index contributed by atoms with van der Waals surface area (Å²) in [4.78, 5) is 27.2. The maximum Gasteiger partial charge on any atom is 0.197 e. The van der Waals surface area contributed by atoms with Gasteiger partial charge in [0.2, 0.25) is 0 Å². The molecule has 1 saturated carbocycles. The third-order valence-corrected chi connectivity index (χ3v) is 8.33. The van der Waals surface area contributed by atoms with E-state index in [9.17, 15) is 30.0 Å². The number of aromatic hydroxyl groups is 2. The molecule has 1 aromatic carbocycles. The molecule has 32 heavy (non-hydrogen) atoms. The maximum atomic E-state index is 13.6. The number of ether oxygens (including phenoxy) is 3. The average Bonchev–Trinajstić information content (AvgIpc) is 2.95. The summed E-state index contributed by atoms with van der Waals surface area (Å²) in [5, 5.41) is 43.8. The molecule has 2 saturated heterocycles. The van der Waals surface area contributed by atoms with E-state index in [4.69, 9.17) is 14.2 Å². The van der Waals surface area contributed by atoms with Crippen molar-refractivity contribution >= 4 is 11.6 Å². The summed E-state index contributed by atoms with van der Waals surface area (Å²) < 4.78 is 17.4. The first-order valence-corrected chi connectivity index (χ1v) is 10.6. The first-order valence-electron chi connectivity index (χ1n) is 10.6. The van der Waals surface area contributed by atoms with E-state index in [1.807, 2.05) is 0 Å². The Morgan fingerprint density at radius 1 is 1.03 bits per heavy atom. The molecule has 0 radical (unpaired) electrons. The van der Waals surface area contributed by atoms with Gasteiger partial charge in [0.1, 0.15) is 35.4 Å². The molecule has 1 spiro atoms. The lowest BCUT2D eigenvalue weighted by Gasteiger charge is -2.41. The van der Waals surface area contributed by atoms with Crippen molar-refractivity contribution in [3.8, 4) is 11.5 Å². The number of benzene rings is 1. The van der Waals surface area contributed by atoms with Crippen LogP contribution in [0.3, 0.4) is 0 Å². The molecule has 0 amide bonds. The summed E-state index contributed by atoms with van der Waals surface area (Å²) in [6.07, 6.45) is -4.54. The molecule has 4 N–H and O–H groups in total. The van der Waals surface area contributed by atoms with Gasteiger partial charge in [-0.15, -0.1) is 0 Å². The van der Waals surface area contributed by atoms with Gasteiger partial charge in [0.25, 0.3) is 0 Å². The second kappa shape index (κ2) is 5.09. The van der Waals surface area contributed by atoms with Crippen molar-refractivity contribution < 1.29 is 44.2 Å². The van der Waals surface area contributed by atoms with Crippen molar-refractivity contribution in [3.63, 3.8) is 0 Å². The predicted molar refractivity (Wildman–Crippen MR) is 104 cm³/mol. The zero-order valence-electron chi connectivity index (χ0n) is 17.2. The van der Waals surface area contributed by atoms with Gasteiger partial charge in [-0.3, -0.25) is 9.59 Å². The van der Waals surface area contributed by atoms with Gasteiger partial charge in [-0.1, -0.05) is 6.58 Å². The van der Waals surface area contributed by atoms with Crippen LogP contribution >= 0.6 is 0 Å². The largest absolute Gasteiger partial charge is 0.507 e. The fourth-order valence-electron chi connectivity index (χ4n) is 6.89. The molecular weight excluding hydrogens is 420 g/mol. The maximum absolute atomic E-state index is 13.6. The molecule has 3 heterocycles. The predicted octanol–water partition coefficient (Wildman–Crippen LogP) is 0.680. The summed E-state index contributed by atoms with van der Waals surface area (Å²) in [5.41, 5.74) is -3.25.